The van der Waals surface area contributed by atoms with Gasteiger partial charge in [0.15, 0.2) is 0 Å². The Hall–Kier alpha value is -2.34. The minimum absolute atomic E-state index is 0.0202. The number of carbonyl (C=O) groups is 2. The Morgan fingerprint density at radius 2 is 1.97 bits per heavy atom. The summed E-state index contributed by atoms with van der Waals surface area (Å²) in [7, 11) is 0. The molecule has 1 aliphatic heterocycles. The average molecular weight is 427 g/mol. The third kappa shape index (κ3) is 4.86. The third-order valence-corrected chi connectivity index (χ3v) is 7.00. The van der Waals surface area contributed by atoms with Crippen LogP contribution in [0.25, 0.3) is 0 Å². The number of benzene rings is 1. The highest BCUT2D eigenvalue weighted by molar-refractivity contribution is 7.10. The fraction of sp³-hybridized carbons (Fsp3) is 0.500. The molecule has 1 aromatic heterocycles. The maximum absolute atomic E-state index is 13.3. The predicted octanol–water partition coefficient (Wildman–Crippen LogP) is 4.21. The molecule has 30 heavy (non-hydrogen) atoms. The van der Waals surface area contributed by atoms with E-state index in [1.54, 1.807) is 16.2 Å². The first kappa shape index (κ1) is 20.9. The molecule has 0 spiro atoms. The smallest absolute Gasteiger partial charge is 0.242 e. The molecule has 1 fully saturated rings. The molecule has 0 unspecified atom stereocenters. The van der Waals surface area contributed by atoms with Crippen molar-refractivity contribution >= 4 is 23.2 Å². The molecule has 4 rings (SSSR count). The second kappa shape index (κ2) is 9.21. The van der Waals surface area contributed by atoms with Crippen LogP contribution in [-0.4, -0.2) is 47.9 Å². The normalized spacial score (nSPS) is 18.1. The summed E-state index contributed by atoms with van der Waals surface area (Å²) in [6.07, 6.45) is 3.63. The van der Waals surface area contributed by atoms with Crippen LogP contribution in [0.2, 0.25) is 0 Å². The van der Waals surface area contributed by atoms with Gasteiger partial charge in [-0.05, 0) is 61.2 Å². The van der Waals surface area contributed by atoms with E-state index < -0.39 is 0 Å². The van der Waals surface area contributed by atoms with E-state index in [1.165, 1.54) is 16.0 Å². The quantitative estimate of drug-likeness (QED) is 0.635. The largest absolute Gasteiger partial charge is 0.491 e. The maximum atomic E-state index is 13.3. The lowest BCUT2D eigenvalue weighted by molar-refractivity contribution is -0.142. The third-order valence-electron chi connectivity index (χ3n) is 6.00. The molecule has 2 aliphatic rings. The summed E-state index contributed by atoms with van der Waals surface area (Å²) in [5.74, 6) is 1.47. The summed E-state index contributed by atoms with van der Waals surface area (Å²) in [4.78, 5) is 30.7. The molecule has 2 aromatic rings. The van der Waals surface area contributed by atoms with Crippen LogP contribution in [0.4, 0.5) is 0 Å². The number of ether oxygens (including phenoxy) is 1. The Bertz CT molecular complexity index is 888. The van der Waals surface area contributed by atoms with Crippen LogP contribution >= 0.6 is 11.3 Å². The predicted molar refractivity (Wildman–Crippen MR) is 119 cm³/mol. The van der Waals surface area contributed by atoms with Crippen molar-refractivity contribution in [1.29, 1.82) is 0 Å². The molecular formula is C24H30N2O3S. The Kier molecular flexibility index (Phi) is 6.42. The zero-order chi connectivity index (χ0) is 21.1. The molecule has 2 amide bonds. The molecule has 1 aliphatic carbocycles. The summed E-state index contributed by atoms with van der Waals surface area (Å²) >= 11 is 1.75. The number of amides is 2. The number of hydrogen-bond acceptors (Lipinski definition) is 4. The average Bonchev–Trinajstić information content (AvgIpc) is 3.44. The standard InChI is InChI=1S/C24H30N2O3S/c1-3-23(27)25(14-18-6-7-18)15-24(28)26-12-10-22-20(11-13-30-22)21(26)16-29-19-8-4-17(2)5-9-19/h4-5,8-9,11,13,18,21H,3,6-7,10,12,14-16H2,1-2H3/t21-/m1/s1. The van der Waals surface area contributed by atoms with Crippen molar-refractivity contribution in [2.24, 2.45) is 5.92 Å². The van der Waals surface area contributed by atoms with Crippen LogP contribution in [0.15, 0.2) is 35.7 Å². The number of hydrogen-bond donors (Lipinski definition) is 0. The first-order valence-corrected chi connectivity index (χ1v) is 11.8. The summed E-state index contributed by atoms with van der Waals surface area (Å²) in [6, 6.07) is 9.99. The molecule has 1 atom stereocenters. The summed E-state index contributed by atoms with van der Waals surface area (Å²) in [5.41, 5.74) is 2.37. The molecule has 5 nitrogen and oxygen atoms in total. The number of rotatable bonds is 8. The van der Waals surface area contributed by atoms with Crippen molar-refractivity contribution in [3.05, 3.63) is 51.7 Å². The van der Waals surface area contributed by atoms with E-state index in [0.29, 0.717) is 32.0 Å². The van der Waals surface area contributed by atoms with E-state index in [0.717, 1.165) is 25.0 Å². The Balaban J connectivity index is 1.48. The van der Waals surface area contributed by atoms with Gasteiger partial charge in [0, 0.05) is 24.4 Å². The molecule has 2 heterocycles. The fourth-order valence-electron chi connectivity index (χ4n) is 4.03. The van der Waals surface area contributed by atoms with Gasteiger partial charge in [-0.25, -0.2) is 0 Å². The van der Waals surface area contributed by atoms with Gasteiger partial charge in [-0.1, -0.05) is 24.6 Å². The summed E-state index contributed by atoms with van der Waals surface area (Å²) < 4.78 is 6.09. The van der Waals surface area contributed by atoms with E-state index in [9.17, 15) is 9.59 Å². The lowest BCUT2D eigenvalue weighted by atomic mass is 10.0. The first-order chi connectivity index (χ1) is 14.5. The van der Waals surface area contributed by atoms with Crippen LogP contribution in [0, 0.1) is 12.8 Å². The monoisotopic (exact) mass is 426 g/mol. The second-order valence-corrected chi connectivity index (χ2v) is 9.35. The number of nitrogens with zero attached hydrogens (tertiary/aromatic N) is 2. The van der Waals surface area contributed by atoms with Crippen LogP contribution in [0.1, 0.15) is 48.2 Å². The molecule has 0 saturated heterocycles. The SMILES string of the molecule is CCC(=O)N(CC(=O)N1CCc2sccc2[C@H]1COc1ccc(C)cc1)CC1CC1. The first-order valence-electron chi connectivity index (χ1n) is 10.9. The van der Waals surface area contributed by atoms with E-state index in [-0.39, 0.29) is 24.4 Å². The van der Waals surface area contributed by atoms with Crippen LogP contribution in [0.5, 0.6) is 5.75 Å². The highest BCUT2D eigenvalue weighted by Crippen LogP contribution is 2.34. The van der Waals surface area contributed by atoms with E-state index in [4.69, 9.17) is 4.74 Å². The molecule has 1 saturated carbocycles. The van der Waals surface area contributed by atoms with Gasteiger partial charge < -0.3 is 14.5 Å². The van der Waals surface area contributed by atoms with Crippen molar-refractivity contribution in [3.8, 4) is 5.75 Å². The van der Waals surface area contributed by atoms with Crippen molar-refractivity contribution in [1.82, 2.24) is 9.80 Å². The molecule has 160 valence electrons. The van der Waals surface area contributed by atoms with Gasteiger partial charge in [0.1, 0.15) is 12.4 Å². The van der Waals surface area contributed by atoms with Crippen LogP contribution in [-0.2, 0) is 16.0 Å². The van der Waals surface area contributed by atoms with Gasteiger partial charge in [0.2, 0.25) is 11.8 Å². The van der Waals surface area contributed by atoms with E-state index >= 15 is 0 Å². The Morgan fingerprint density at radius 3 is 2.67 bits per heavy atom. The Labute approximate surface area is 182 Å². The van der Waals surface area contributed by atoms with Gasteiger partial charge in [-0.3, -0.25) is 9.59 Å². The van der Waals surface area contributed by atoms with Crippen molar-refractivity contribution in [2.75, 3.05) is 26.2 Å². The highest BCUT2D eigenvalue weighted by atomic mass is 32.1. The van der Waals surface area contributed by atoms with Gasteiger partial charge >= 0.3 is 0 Å². The summed E-state index contributed by atoms with van der Waals surface area (Å²) in [5, 5.41) is 2.09. The van der Waals surface area contributed by atoms with Crippen LogP contribution < -0.4 is 4.74 Å². The maximum Gasteiger partial charge on any atom is 0.242 e. The van der Waals surface area contributed by atoms with E-state index in [2.05, 4.69) is 11.4 Å². The lowest BCUT2D eigenvalue weighted by Crippen LogP contribution is -2.48. The van der Waals surface area contributed by atoms with E-state index in [1.807, 2.05) is 43.0 Å². The van der Waals surface area contributed by atoms with Crippen molar-refractivity contribution in [3.63, 3.8) is 0 Å². The number of aryl methyl sites for hydroxylation is 1. The summed E-state index contributed by atoms with van der Waals surface area (Å²) in [6.45, 7) is 5.89. The molecule has 1 aromatic carbocycles. The number of carbonyl (C=O) groups excluding carboxylic acids is 2. The number of fused-ring (bicyclic) bond motifs is 1. The molecule has 0 radical (unpaired) electrons. The van der Waals surface area contributed by atoms with Gasteiger partial charge in [0.05, 0.1) is 12.6 Å². The minimum atomic E-state index is -0.117. The van der Waals surface area contributed by atoms with Crippen LogP contribution in [0.3, 0.4) is 0 Å². The molecular weight excluding hydrogens is 396 g/mol. The Morgan fingerprint density at radius 1 is 1.20 bits per heavy atom. The molecule has 0 N–H and O–H groups in total. The second-order valence-electron chi connectivity index (χ2n) is 8.35. The highest BCUT2D eigenvalue weighted by Gasteiger charge is 2.34. The van der Waals surface area contributed by atoms with Gasteiger partial charge in [-0.15, -0.1) is 11.3 Å². The zero-order valence-corrected chi connectivity index (χ0v) is 18.6. The lowest BCUT2D eigenvalue weighted by Gasteiger charge is -2.37. The molecule has 0 bridgehead atoms. The van der Waals surface area contributed by atoms with Gasteiger partial charge in [-0.2, -0.15) is 0 Å². The zero-order valence-electron chi connectivity index (χ0n) is 17.8. The van der Waals surface area contributed by atoms with Crippen molar-refractivity contribution < 1.29 is 14.3 Å². The number of thiophene rings is 1. The fourth-order valence-corrected chi connectivity index (χ4v) is 4.96. The molecule has 6 heteroatoms. The van der Waals surface area contributed by atoms with Gasteiger partial charge in [0.25, 0.3) is 0 Å². The minimum Gasteiger partial charge on any atom is -0.491 e. The topological polar surface area (TPSA) is 49.9 Å². The van der Waals surface area contributed by atoms with Crippen molar-refractivity contribution in [2.45, 2.75) is 45.6 Å².